The zero-order chi connectivity index (χ0) is 52.2. The van der Waals surface area contributed by atoms with Gasteiger partial charge < -0.3 is 14.2 Å². The molecule has 0 aromatic rings. The number of hydrogen-bond donors (Lipinski definition) is 0. The van der Waals surface area contributed by atoms with Crippen molar-refractivity contribution in [2.45, 2.75) is 303 Å². The van der Waals surface area contributed by atoms with Crippen LogP contribution in [-0.2, 0) is 28.6 Å². The van der Waals surface area contributed by atoms with Gasteiger partial charge in [0.2, 0.25) is 0 Å². The summed E-state index contributed by atoms with van der Waals surface area (Å²) in [5, 5.41) is 0. The molecule has 6 heteroatoms. The Bertz CT molecular complexity index is 1380. The van der Waals surface area contributed by atoms with Gasteiger partial charge >= 0.3 is 17.9 Å². The lowest BCUT2D eigenvalue weighted by Crippen LogP contribution is -2.30. The van der Waals surface area contributed by atoms with Gasteiger partial charge in [-0.2, -0.15) is 0 Å². The van der Waals surface area contributed by atoms with E-state index in [-0.39, 0.29) is 31.1 Å². The molecule has 0 aliphatic carbocycles. The van der Waals surface area contributed by atoms with Crippen LogP contribution in [0.4, 0.5) is 0 Å². The summed E-state index contributed by atoms with van der Waals surface area (Å²) in [6.45, 7) is 6.49. The molecule has 0 saturated carbocycles. The molecule has 0 aromatic heterocycles. The molecule has 0 saturated heterocycles. The summed E-state index contributed by atoms with van der Waals surface area (Å²) in [4.78, 5) is 38.2. The van der Waals surface area contributed by atoms with Gasteiger partial charge in [-0.05, 0) is 96.3 Å². The van der Waals surface area contributed by atoms with Crippen molar-refractivity contribution in [3.63, 3.8) is 0 Å². The zero-order valence-electron chi connectivity index (χ0n) is 47.4. The second kappa shape index (κ2) is 60.1. The molecular formula is C66H114O6. The second-order valence-electron chi connectivity index (χ2n) is 20.2. The van der Waals surface area contributed by atoms with Crippen LogP contribution >= 0.6 is 0 Å². The SMILES string of the molecule is CC/C=C\C/C=C\C/C=C\C/C=C\C/C=C\C/C=C\CCCCC(=O)OCC(COC(=O)CCCCCCC/C=C\CCCCC)OC(=O)CCCCCCCCCCCCCCCCCCCCCCC. The highest BCUT2D eigenvalue weighted by molar-refractivity contribution is 5.71. The van der Waals surface area contributed by atoms with E-state index in [4.69, 9.17) is 14.2 Å². The lowest BCUT2D eigenvalue weighted by atomic mass is 10.0. The molecule has 1 unspecified atom stereocenters. The van der Waals surface area contributed by atoms with E-state index < -0.39 is 6.10 Å². The topological polar surface area (TPSA) is 78.9 Å². The third-order valence-corrected chi connectivity index (χ3v) is 13.1. The number of rotatable bonds is 55. The van der Waals surface area contributed by atoms with E-state index in [1.807, 2.05) is 0 Å². The molecule has 414 valence electrons. The van der Waals surface area contributed by atoms with E-state index in [0.717, 1.165) is 103 Å². The molecule has 1 atom stereocenters. The molecule has 0 N–H and O–H groups in total. The van der Waals surface area contributed by atoms with Crippen LogP contribution in [0.5, 0.6) is 0 Å². The van der Waals surface area contributed by atoms with Gasteiger partial charge in [0.15, 0.2) is 6.10 Å². The molecular weight excluding hydrogens is 889 g/mol. The van der Waals surface area contributed by atoms with Gasteiger partial charge in [-0.3, -0.25) is 14.4 Å². The zero-order valence-corrected chi connectivity index (χ0v) is 47.4. The number of esters is 3. The van der Waals surface area contributed by atoms with E-state index in [2.05, 4.69) is 106 Å². The van der Waals surface area contributed by atoms with Gasteiger partial charge in [-0.1, -0.05) is 266 Å². The van der Waals surface area contributed by atoms with Crippen LogP contribution < -0.4 is 0 Å². The smallest absolute Gasteiger partial charge is 0.306 e. The first-order valence-corrected chi connectivity index (χ1v) is 30.6. The Labute approximate surface area is 445 Å². The van der Waals surface area contributed by atoms with Gasteiger partial charge in [-0.15, -0.1) is 0 Å². The third-order valence-electron chi connectivity index (χ3n) is 13.1. The van der Waals surface area contributed by atoms with Crippen LogP contribution in [0.2, 0.25) is 0 Å². The summed E-state index contributed by atoms with van der Waals surface area (Å²) in [5.74, 6) is -0.935. The standard InChI is InChI=1S/C66H114O6/c1-4-7-10-13-16-19-22-25-27-29-31-33-35-37-39-41-44-47-50-53-56-59-65(68)71-62-63(61-70-64(67)58-55-52-49-46-43-24-21-18-15-12-9-6-3)72-66(69)60-57-54-51-48-45-42-40-38-36-34-32-30-28-26-23-20-17-14-11-8-5-2/h7,10,16,18-19,21,25,27,31,33,37,39,44,47,63H,4-6,8-9,11-15,17,20,22-24,26,28-30,32,34-36,38,40-43,45-46,48-62H2,1-3H3/b10-7-,19-16-,21-18-,27-25-,33-31-,39-37-,47-44-. The highest BCUT2D eigenvalue weighted by Gasteiger charge is 2.19. The predicted octanol–water partition coefficient (Wildman–Crippen LogP) is 20.7. The van der Waals surface area contributed by atoms with E-state index in [1.165, 1.54) is 154 Å². The lowest BCUT2D eigenvalue weighted by molar-refractivity contribution is -0.167. The summed E-state index contributed by atoms with van der Waals surface area (Å²) in [5.41, 5.74) is 0. The molecule has 0 radical (unpaired) electrons. The van der Waals surface area contributed by atoms with Crippen molar-refractivity contribution in [3.05, 3.63) is 85.1 Å². The fourth-order valence-electron chi connectivity index (χ4n) is 8.56. The Morgan fingerprint density at radius 3 is 0.917 bits per heavy atom. The lowest BCUT2D eigenvalue weighted by Gasteiger charge is -2.18. The molecule has 0 aromatic carbocycles. The molecule has 6 nitrogen and oxygen atoms in total. The van der Waals surface area contributed by atoms with Crippen LogP contribution in [0.25, 0.3) is 0 Å². The maximum absolute atomic E-state index is 12.9. The predicted molar refractivity (Wildman–Crippen MR) is 311 cm³/mol. The number of ether oxygens (including phenoxy) is 3. The number of allylic oxidation sites excluding steroid dienone is 14. The normalized spacial score (nSPS) is 12.7. The third kappa shape index (κ3) is 57.5. The van der Waals surface area contributed by atoms with Gasteiger partial charge in [0.25, 0.3) is 0 Å². The Morgan fingerprint density at radius 2 is 0.542 bits per heavy atom. The minimum atomic E-state index is -0.797. The maximum atomic E-state index is 12.9. The molecule has 0 rings (SSSR count). The van der Waals surface area contributed by atoms with E-state index >= 15 is 0 Å². The van der Waals surface area contributed by atoms with E-state index in [9.17, 15) is 14.4 Å². The molecule has 0 aliphatic rings. The molecule has 72 heavy (non-hydrogen) atoms. The van der Waals surface area contributed by atoms with Gasteiger partial charge in [0.1, 0.15) is 13.2 Å². The van der Waals surface area contributed by atoms with Gasteiger partial charge in [0.05, 0.1) is 0 Å². The van der Waals surface area contributed by atoms with Crippen LogP contribution in [0, 0.1) is 0 Å². The van der Waals surface area contributed by atoms with Crippen LogP contribution in [0.1, 0.15) is 297 Å². The van der Waals surface area contributed by atoms with Gasteiger partial charge in [-0.25, -0.2) is 0 Å². The largest absolute Gasteiger partial charge is 0.462 e. The second-order valence-corrected chi connectivity index (χ2v) is 20.2. The monoisotopic (exact) mass is 1000 g/mol. The molecule has 0 spiro atoms. The van der Waals surface area contributed by atoms with Crippen LogP contribution in [0.15, 0.2) is 85.1 Å². The first-order valence-electron chi connectivity index (χ1n) is 30.6. The van der Waals surface area contributed by atoms with Crippen molar-refractivity contribution >= 4 is 17.9 Å². The number of hydrogen-bond acceptors (Lipinski definition) is 6. The van der Waals surface area contributed by atoms with Crippen molar-refractivity contribution in [2.75, 3.05) is 13.2 Å². The Morgan fingerprint density at radius 1 is 0.292 bits per heavy atom. The number of unbranched alkanes of at least 4 members (excludes halogenated alkanes) is 30. The summed E-state index contributed by atoms with van der Waals surface area (Å²) in [6.07, 6.45) is 78.7. The number of carbonyl (C=O) groups is 3. The minimum absolute atomic E-state index is 0.0928. The summed E-state index contributed by atoms with van der Waals surface area (Å²) < 4.78 is 16.9. The average molecular weight is 1000 g/mol. The molecule has 0 aliphatic heterocycles. The highest BCUT2D eigenvalue weighted by Crippen LogP contribution is 2.16. The fraction of sp³-hybridized carbons (Fsp3) is 0.742. The summed E-state index contributed by atoms with van der Waals surface area (Å²) in [6, 6.07) is 0. The Kier molecular flexibility index (Phi) is 57.3. The van der Waals surface area contributed by atoms with Crippen molar-refractivity contribution in [2.24, 2.45) is 0 Å². The van der Waals surface area contributed by atoms with Crippen molar-refractivity contribution in [3.8, 4) is 0 Å². The maximum Gasteiger partial charge on any atom is 0.306 e. The molecule has 0 amide bonds. The average Bonchev–Trinajstić information content (AvgIpc) is 3.38. The quantitative estimate of drug-likeness (QED) is 0.0261. The number of carbonyl (C=O) groups excluding carboxylic acids is 3. The summed E-state index contributed by atoms with van der Waals surface area (Å²) in [7, 11) is 0. The molecule has 0 bridgehead atoms. The minimum Gasteiger partial charge on any atom is -0.462 e. The Balaban J connectivity index is 4.39. The Hall–Kier alpha value is -3.41. The van der Waals surface area contributed by atoms with Crippen molar-refractivity contribution in [1.29, 1.82) is 0 Å². The van der Waals surface area contributed by atoms with E-state index in [0.29, 0.717) is 19.3 Å². The van der Waals surface area contributed by atoms with E-state index in [1.54, 1.807) is 0 Å². The molecule has 0 heterocycles. The first-order chi connectivity index (χ1) is 35.5. The van der Waals surface area contributed by atoms with Crippen molar-refractivity contribution in [1.82, 2.24) is 0 Å². The van der Waals surface area contributed by atoms with Crippen molar-refractivity contribution < 1.29 is 28.6 Å². The van der Waals surface area contributed by atoms with Crippen LogP contribution in [-0.4, -0.2) is 37.2 Å². The van der Waals surface area contributed by atoms with Crippen LogP contribution in [0.3, 0.4) is 0 Å². The fourth-order valence-corrected chi connectivity index (χ4v) is 8.56. The summed E-state index contributed by atoms with van der Waals surface area (Å²) >= 11 is 0. The first kappa shape index (κ1) is 68.6. The highest BCUT2D eigenvalue weighted by atomic mass is 16.6. The molecule has 0 fully saturated rings. The van der Waals surface area contributed by atoms with Gasteiger partial charge in [0, 0.05) is 19.3 Å².